The number of aromatic nitrogens is 3. The molecule has 0 radical (unpaired) electrons. The van der Waals surface area contributed by atoms with Crippen LogP contribution in [0, 0.1) is 13.8 Å². The lowest BCUT2D eigenvalue weighted by Crippen LogP contribution is -2.03. The fourth-order valence-corrected chi connectivity index (χ4v) is 2.90. The molecule has 0 saturated carbocycles. The Bertz CT molecular complexity index is 933. The number of carbonyl (C=O) groups is 1. The average molecular weight is 368 g/mol. The van der Waals surface area contributed by atoms with Crippen LogP contribution in [0.1, 0.15) is 28.4 Å². The Balaban J connectivity index is 1.79. The highest BCUT2D eigenvalue weighted by molar-refractivity contribution is 6.33. The molecular formula is C19H18ClN5O. The number of nitrogens with zero attached hydrogens (tertiary/aromatic N) is 3. The van der Waals surface area contributed by atoms with Crippen molar-refractivity contribution in [3.05, 3.63) is 64.3 Å². The Morgan fingerprint density at radius 1 is 1.08 bits per heavy atom. The van der Waals surface area contributed by atoms with E-state index in [9.17, 15) is 4.79 Å². The Labute approximate surface area is 156 Å². The maximum absolute atomic E-state index is 11.3. The smallest absolute Gasteiger partial charge is 0.249 e. The van der Waals surface area contributed by atoms with Crippen LogP contribution in [0.3, 0.4) is 0 Å². The van der Waals surface area contributed by atoms with Crippen molar-refractivity contribution in [3.63, 3.8) is 0 Å². The number of aryl methyl sites for hydroxylation is 2. The highest BCUT2D eigenvalue weighted by Crippen LogP contribution is 2.29. The number of Topliss-reactive ketones (excluding diaryl/α,β-unsaturated/α-hetero) is 1. The minimum absolute atomic E-state index is 0.0195. The standard InChI is InChI=1S/C19H18ClN5O/c1-11-8-12(2)18(16(20)9-11)23-17-10-21-25-19(24-17)22-15-6-4-14(5-7-15)13(3)26/h4-10H,1-3H3,(H2,22,23,24,25). The molecule has 0 fully saturated rings. The molecule has 1 heterocycles. The van der Waals surface area contributed by atoms with E-state index < -0.39 is 0 Å². The number of ketones is 1. The predicted molar refractivity (Wildman–Crippen MR) is 104 cm³/mol. The zero-order valence-electron chi connectivity index (χ0n) is 14.7. The summed E-state index contributed by atoms with van der Waals surface area (Å²) in [6, 6.07) is 11.0. The van der Waals surface area contributed by atoms with Gasteiger partial charge in [-0.3, -0.25) is 4.79 Å². The number of hydrogen-bond donors (Lipinski definition) is 2. The van der Waals surface area contributed by atoms with Crippen LogP contribution in [0.25, 0.3) is 0 Å². The van der Waals surface area contributed by atoms with Gasteiger partial charge in [-0.05, 0) is 62.2 Å². The van der Waals surface area contributed by atoms with Crippen LogP contribution in [-0.2, 0) is 0 Å². The molecule has 0 unspecified atom stereocenters. The van der Waals surface area contributed by atoms with E-state index in [-0.39, 0.29) is 5.78 Å². The maximum atomic E-state index is 11.3. The van der Waals surface area contributed by atoms with Gasteiger partial charge in [-0.2, -0.15) is 10.1 Å². The van der Waals surface area contributed by atoms with Crippen molar-refractivity contribution in [2.75, 3.05) is 10.6 Å². The first kappa shape index (κ1) is 17.8. The number of anilines is 4. The van der Waals surface area contributed by atoms with E-state index in [4.69, 9.17) is 11.6 Å². The average Bonchev–Trinajstić information content (AvgIpc) is 2.59. The van der Waals surface area contributed by atoms with E-state index in [0.29, 0.717) is 22.4 Å². The van der Waals surface area contributed by atoms with Crippen molar-refractivity contribution in [1.82, 2.24) is 15.2 Å². The van der Waals surface area contributed by atoms with E-state index in [0.717, 1.165) is 22.5 Å². The van der Waals surface area contributed by atoms with Crippen LogP contribution < -0.4 is 10.6 Å². The first-order valence-electron chi connectivity index (χ1n) is 8.04. The molecule has 0 aliphatic rings. The van der Waals surface area contributed by atoms with Gasteiger partial charge in [0, 0.05) is 11.3 Å². The summed E-state index contributed by atoms with van der Waals surface area (Å²) < 4.78 is 0. The third kappa shape index (κ3) is 4.15. The molecule has 7 heteroatoms. The Kier molecular flexibility index (Phi) is 5.14. The number of benzene rings is 2. The van der Waals surface area contributed by atoms with Crippen LogP contribution in [0.2, 0.25) is 5.02 Å². The second-order valence-electron chi connectivity index (χ2n) is 5.99. The van der Waals surface area contributed by atoms with Gasteiger partial charge >= 0.3 is 0 Å². The van der Waals surface area contributed by atoms with Crippen LogP contribution in [0.5, 0.6) is 0 Å². The summed E-state index contributed by atoms with van der Waals surface area (Å²) in [7, 11) is 0. The van der Waals surface area contributed by atoms with Crippen molar-refractivity contribution >= 4 is 40.5 Å². The van der Waals surface area contributed by atoms with Gasteiger partial charge in [0.15, 0.2) is 11.6 Å². The van der Waals surface area contributed by atoms with Gasteiger partial charge in [0.1, 0.15) is 0 Å². The van der Waals surface area contributed by atoms with Gasteiger partial charge in [0.2, 0.25) is 5.95 Å². The summed E-state index contributed by atoms with van der Waals surface area (Å²) in [4.78, 5) is 15.7. The number of carbonyl (C=O) groups excluding carboxylic acids is 1. The second-order valence-corrected chi connectivity index (χ2v) is 6.39. The monoisotopic (exact) mass is 367 g/mol. The molecule has 26 heavy (non-hydrogen) atoms. The predicted octanol–water partition coefficient (Wildman–Crippen LogP) is 4.83. The molecule has 2 aromatic carbocycles. The fourth-order valence-electron chi connectivity index (χ4n) is 2.54. The lowest BCUT2D eigenvalue weighted by molar-refractivity contribution is 0.101. The molecule has 0 amide bonds. The molecule has 3 rings (SSSR count). The summed E-state index contributed by atoms with van der Waals surface area (Å²) >= 11 is 6.33. The summed E-state index contributed by atoms with van der Waals surface area (Å²) in [5.41, 5.74) is 4.31. The molecule has 132 valence electrons. The summed E-state index contributed by atoms with van der Waals surface area (Å²) in [6.07, 6.45) is 1.53. The van der Waals surface area contributed by atoms with E-state index in [1.807, 2.05) is 26.0 Å². The molecule has 0 aliphatic carbocycles. The number of nitrogens with one attached hydrogen (secondary N) is 2. The van der Waals surface area contributed by atoms with E-state index in [2.05, 4.69) is 25.8 Å². The molecule has 3 aromatic rings. The van der Waals surface area contributed by atoms with Crippen molar-refractivity contribution in [2.45, 2.75) is 20.8 Å². The summed E-state index contributed by atoms with van der Waals surface area (Å²) in [5, 5.41) is 14.8. The third-order valence-electron chi connectivity index (χ3n) is 3.79. The first-order chi connectivity index (χ1) is 12.4. The largest absolute Gasteiger partial charge is 0.337 e. The molecule has 0 saturated heterocycles. The van der Waals surface area contributed by atoms with Crippen molar-refractivity contribution in [2.24, 2.45) is 0 Å². The van der Waals surface area contributed by atoms with Gasteiger partial charge < -0.3 is 10.6 Å². The molecule has 0 atom stereocenters. The molecular weight excluding hydrogens is 350 g/mol. The van der Waals surface area contributed by atoms with Crippen LogP contribution in [-0.4, -0.2) is 21.0 Å². The van der Waals surface area contributed by atoms with Gasteiger partial charge in [-0.1, -0.05) is 17.7 Å². The third-order valence-corrected chi connectivity index (χ3v) is 4.09. The Morgan fingerprint density at radius 2 is 1.81 bits per heavy atom. The summed E-state index contributed by atoms with van der Waals surface area (Å²) in [5.74, 6) is 0.884. The lowest BCUT2D eigenvalue weighted by atomic mass is 10.1. The van der Waals surface area contributed by atoms with Crippen LogP contribution >= 0.6 is 11.6 Å². The van der Waals surface area contributed by atoms with Gasteiger partial charge in [-0.25, -0.2) is 0 Å². The normalized spacial score (nSPS) is 10.5. The molecule has 6 nitrogen and oxygen atoms in total. The van der Waals surface area contributed by atoms with Crippen LogP contribution in [0.15, 0.2) is 42.6 Å². The Morgan fingerprint density at radius 3 is 2.46 bits per heavy atom. The van der Waals surface area contributed by atoms with Crippen molar-refractivity contribution in [3.8, 4) is 0 Å². The number of rotatable bonds is 5. The second kappa shape index (κ2) is 7.49. The van der Waals surface area contributed by atoms with Crippen molar-refractivity contribution in [1.29, 1.82) is 0 Å². The fraction of sp³-hybridized carbons (Fsp3) is 0.158. The van der Waals surface area contributed by atoms with Gasteiger partial charge in [-0.15, -0.1) is 5.10 Å². The Hall–Kier alpha value is -2.99. The highest BCUT2D eigenvalue weighted by atomic mass is 35.5. The maximum Gasteiger partial charge on any atom is 0.249 e. The quantitative estimate of drug-likeness (QED) is 0.628. The molecule has 2 N–H and O–H groups in total. The molecule has 0 bridgehead atoms. The van der Waals surface area contributed by atoms with E-state index >= 15 is 0 Å². The minimum atomic E-state index is 0.0195. The molecule has 0 aliphatic heterocycles. The first-order valence-corrected chi connectivity index (χ1v) is 8.41. The molecule has 1 aromatic heterocycles. The zero-order valence-corrected chi connectivity index (χ0v) is 15.4. The number of halogens is 1. The lowest BCUT2D eigenvalue weighted by Gasteiger charge is -2.12. The molecule has 0 spiro atoms. The number of hydrogen-bond acceptors (Lipinski definition) is 6. The van der Waals surface area contributed by atoms with Gasteiger partial charge in [0.25, 0.3) is 0 Å². The van der Waals surface area contributed by atoms with E-state index in [1.54, 1.807) is 24.3 Å². The SMILES string of the molecule is CC(=O)c1ccc(Nc2nncc(Nc3c(C)cc(C)cc3Cl)n2)cc1. The van der Waals surface area contributed by atoms with Gasteiger partial charge in [0.05, 0.1) is 16.9 Å². The minimum Gasteiger partial charge on any atom is -0.337 e. The van der Waals surface area contributed by atoms with Crippen LogP contribution in [0.4, 0.5) is 23.1 Å². The topological polar surface area (TPSA) is 79.8 Å². The zero-order chi connectivity index (χ0) is 18.7. The summed E-state index contributed by atoms with van der Waals surface area (Å²) in [6.45, 7) is 5.50. The van der Waals surface area contributed by atoms with E-state index in [1.165, 1.54) is 13.1 Å². The highest BCUT2D eigenvalue weighted by Gasteiger charge is 2.08. The van der Waals surface area contributed by atoms with Crippen molar-refractivity contribution < 1.29 is 4.79 Å².